The van der Waals surface area contributed by atoms with Crippen LogP contribution in [0.15, 0.2) is 6.07 Å². The number of hydrogen-bond acceptors (Lipinski definition) is 7. The first-order valence-corrected chi connectivity index (χ1v) is 9.04. The number of carbonyl (C=O) groups is 1. The number of nitrogens with zero attached hydrogens (tertiary/aromatic N) is 6. The SMILES string of the molecule is CC(C)(C)OC(=O)N1CCN(C2CN(c3cc(C#N)nc(Cl)n3)C2)CC1. The molecule has 0 unspecified atom stereocenters. The van der Waals surface area contributed by atoms with Gasteiger partial charge in [0.2, 0.25) is 5.28 Å². The van der Waals surface area contributed by atoms with Gasteiger partial charge in [-0.25, -0.2) is 14.8 Å². The highest BCUT2D eigenvalue weighted by Crippen LogP contribution is 2.24. The third-order valence-electron chi connectivity index (χ3n) is 4.47. The van der Waals surface area contributed by atoms with Gasteiger partial charge in [-0.05, 0) is 32.4 Å². The lowest BCUT2D eigenvalue weighted by Crippen LogP contribution is -2.63. The van der Waals surface area contributed by atoms with Gasteiger partial charge in [0.1, 0.15) is 23.2 Å². The summed E-state index contributed by atoms with van der Waals surface area (Å²) in [6.45, 7) is 10.3. The van der Waals surface area contributed by atoms with E-state index in [1.807, 2.05) is 26.8 Å². The number of amides is 1. The lowest BCUT2D eigenvalue weighted by Gasteiger charge is -2.48. The fourth-order valence-electron chi connectivity index (χ4n) is 3.09. The third kappa shape index (κ3) is 4.34. The Hall–Kier alpha value is -2.11. The Balaban J connectivity index is 1.49. The van der Waals surface area contributed by atoms with Crippen LogP contribution in [0.4, 0.5) is 10.6 Å². The molecule has 140 valence electrons. The predicted molar refractivity (Wildman–Crippen MR) is 97.1 cm³/mol. The van der Waals surface area contributed by atoms with Crippen molar-refractivity contribution in [3.8, 4) is 6.07 Å². The Morgan fingerprint density at radius 2 is 1.92 bits per heavy atom. The van der Waals surface area contributed by atoms with E-state index in [2.05, 4.69) is 19.8 Å². The van der Waals surface area contributed by atoms with Crippen LogP contribution < -0.4 is 4.90 Å². The Morgan fingerprint density at radius 3 is 2.50 bits per heavy atom. The summed E-state index contributed by atoms with van der Waals surface area (Å²) in [6, 6.07) is 4.06. The molecule has 0 aliphatic carbocycles. The van der Waals surface area contributed by atoms with Crippen molar-refractivity contribution in [2.45, 2.75) is 32.4 Å². The van der Waals surface area contributed by atoms with Gasteiger partial charge in [-0.2, -0.15) is 5.26 Å². The lowest BCUT2D eigenvalue weighted by atomic mass is 10.1. The summed E-state index contributed by atoms with van der Waals surface area (Å²) in [5.41, 5.74) is -0.196. The number of carbonyl (C=O) groups excluding carboxylic acids is 1. The Bertz CT molecular complexity index is 715. The molecule has 0 radical (unpaired) electrons. The first-order chi connectivity index (χ1) is 12.2. The standard InChI is InChI=1S/C17H23ClN6O2/c1-17(2,3)26-16(25)23-6-4-22(5-7-23)13-10-24(11-13)14-8-12(9-19)20-15(18)21-14/h8,13H,4-7,10-11H2,1-3H3. The van der Waals surface area contributed by atoms with E-state index in [9.17, 15) is 4.79 Å². The van der Waals surface area contributed by atoms with E-state index in [-0.39, 0.29) is 17.1 Å². The molecule has 0 atom stereocenters. The van der Waals surface area contributed by atoms with Crippen molar-refractivity contribution in [2.75, 3.05) is 44.2 Å². The average molecular weight is 379 g/mol. The van der Waals surface area contributed by atoms with Gasteiger partial charge in [0.25, 0.3) is 0 Å². The minimum atomic E-state index is -0.468. The van der Waals surface area contributed by atoms with Gasteiger partial charge in [0.05, 0.1) is 0 Å². The maximum Gasteiger partial charge on any atom is 0.410 e. The van der Waals surface area contributed by atoms with Crippen LogP contribution in [0.25, 0.3) is 0 Å². The molecule has 3 heterocycles. The van der Waals surface area contributed by atoms with Crippen LogP contribution in [0.1, 0.15) is 26.5 Å². The second-order valence-electron chi connectivity index (χ2n) is 7.55. The van der Waals surface area contributed by atoms with Gasteiger partial charge in [-0.1, -0.05) is 0 Å². The molecule has 2 saturated heterocycles. The highest BCUT2D eigenvalue weighted by molar-refractivity contribution is 6.28. The van der Waals surface area contributed by atoms with Crippen LogP contribution in [0.2, 0.25) is 5.28 Å². The van der Waals surface area contributed by atoms with Crippen molar-refractivity contribution < 1.29 is 9.53 Å². The van der Waals surface area contributed by atoms with Crippen LogP contribution in [0, 0.1) is 11.3 Å². The van der Waals surface area contributed by atoms with Gasteiger partial charge in [0.15, 0.2) is 0 Å². The monoisotopic (exact) mass is 378 g/mol. The molecular weight excluding hydrogens is 356 g/mol. The zero-order valence-corrected chi connectivity index (χ0v) is 16.0. The predicted octanol–water partition coefficient (Wildman–Crippen LogP) is 1.74. The fourth-order valence-corrected chi connectivity index (χ4v) is 3.27. The summed E-state index contributed by atoms with van der Waals surface area (Å²) < 4.78 is 5.43. The molecule has 1 aromatic rings. The van der Waals surface area contributed by atoms with E-state index < -0.39 is 5.60 Å². The topological polar surface area (TPSA) is 85.6 Å². The average Bonchev–Trinajstić information content (AvgIpc) is 2.52. The van der Waals surface area contributed by atoms with Gasteiger partial charge in [0, 0.05) is 51.4 Å². The number of halogens is 1. The number of nitriles is 1. The molecular formula is C17H23ClN6O2. The maximum absolute atomic E-state index is 12.1. The lowest BCUT2D eigenvalue weighted by molar-refractivity contribution is 0.00874. The Labute approximate surface area is 158 Å². The van der Waals surface area contributed by atoms with E-state index in [0.717, 1.165) is 26.2 Å². The second-order valence-corrected chi connectivity index (χ2v) is 7.89. The zero-order valence-electron chi connectivity index (χ0n) is 15.3. The molecule has 2 fully saturated rings. The zero-order chi connectivity index (χ0) is 18.9. The second kappa shape index (κ2) is 7.25. The highest BCUT2D eigenvalue weighted by Gasteiger charge is 2.35. The normalized spacial score (nSPS) is 19.0. The molecule has 0 bridgehead atoms. The molecule has 0 spiro atoms. The summed E-state index contributed by atoms with van der Waals surface area (Å²) in [5.74, 6) is 0.685. The van der Waals surface area contributed by atoms with Crippen LogP contribution in [0.5, 0.6) is 0 Å². The van der Waals surface area contributed by atoms with E-state index in [1.165, 1.54) is 0 Å². The summed E-state index contributed by atoms with van der Waals surface area (Å²) >= 11 is 5.87. The van der Waals surface area contributed by atoms with Crippen molar-refractivity contribution in [2.24, 2.45) is 0 Å². The Morgan fingerprint density at radius 1 is 1.27 bits per heavy atom. The van der Waals surface area contributed by atoms with Crippen LogP contribution >= 0.6 is 11.6 Å². The first-order valence-electron chi connectivity index (χ1n) is 8.67. The number of anilines is 1. The molecule has 9 heteroatoms. The van der Waals surface area contributed by atoms with E-state index in [4.69, 9.17) is 21.6 Å². The molecule has 8 nitrogen and oxygen atoms in total. The van der Waals surface area contributed by atoms with Crippen molar-refractivity contribution >= 4 is 23.5 Å². The van der Waals surface area contributed by atoms with Crippen molar-refractivity contribution in [1.29, 1.82) is 5.26 Å². The highest BCUT2D eigenvalue weighted by atomic mass is 35.5. The van der Waals surface area contributed by atoms with Gasteiger partial charge >= 0.3 is 6.09 Å². The Kier molecular flexibility index (Phi) is 5.21. The molecule has 1 amide bonds. The molecule has 1 aromatic heterocycles. The molecule has 0 N–H and O–H groups in total. The molecule has 26 heavy (non-hydrogen) atoms. The van der Waals surface area contributed by atoms with Gasteiger partial charge in [-0.15, -0.1) is 0 Å². The minimum Gasteiger partial charge on any atom is -0.444 e. The van der Waals surface area contributed by atoms with Crippen LogP contribution in [-0.4, -0.2) is 76.8 Å². The van der Waals surface area contributed by atoms with Crippen LogP contribution in [-0.2, 0) is 4.74 Å². The summed E-state index contributed by atoms with van der Waals surface area (Å²) in [4.78, 5) is 26.4. The number of ether oxygens (including phenoxy) is 1. The maximum atomic E-state index is 12.1. The smallest absolute Gasteiger partial charge is 0.410 e. The molecule has 0 aromatic carbocycles. The number of hydrogen-bond donors (Lipinski definition) is 0. The van der Waals surface area contributed by atoms with E-state index in [0.29, 0.717) is 24.9 Å². The number of piperazine rings is 1. The van der Waals surface area contributed by atoms with Crippen molar-refractivity contribution in [1.82, 2.24) is 19.8 Å². The third-order valence-corrected chi connectivity index (χ3v) is 4.64. The molecule has 3 rings (SSSR count). The molecule has 2 aliphatic heterocycles. The minimum absolute atomic E-state index is 0.0912. The quantitative estimate of drug-likeness (QED) is 0.724. The van der Waals surface area contributed by atoms with Crippen LogP contribution in [0.3, 0.4) is 0 Å². The van der Waals surface area contributed by atoms with Crippen molar-refractivity contribution in [3.63, 3.8) is 0 Å². The number of aromatic nitrogens is 2. The summed E-state index contributed by atoms with van der Waals surface area (Å²) in [7, 11) is 0. The summed E-state index contributed by atoms with van der Waals surface area (Å²) in [5, 5.41) is 9.08. The van der Waals surface area contributed by atoms with Gasteiger partial charge < -0.3 is 14.5 Å². The first kappa shape index (κ1) is 18.7. The van der Waals surface area contributed by atoms with Gasteiger partial charge in [-0.3, -0.25) is 4.90 Å². The summed E-state index contributed by atoms with van der Waals surface area (Å²) in [6.07, 6.45) is -0.243. The van der Waals surface area contributed by atoms with E-state index >= 15 is 0 Å². The molecule has 2 aliphatic rings. The van der Waals surface area contributed by atoms with E-state index in [1.54, 1.807) is 11.0 Å². The largest absolute Gasteiger partial charge is 0.444 e. The number of rotatable bonds is 2. The van der Waals surface area contributed by atoms with Crippen molar-refractivity contribution in [3.05, 3.63) is 17.0 Å². The molecule has 0 saturated carbocycles. The fraction of sp³-hybridized carbons (Fsp3) is 0.647.